The van der Waals surface area contributed by atoms with Crippen LogP contribution in [0.1, 0.15) is 10.4 Å². The molecule has 2 aromatic rings. The van der Waals surface area contributed by atoms with Crippen LogP contribution in [0.3, 0.4) is 0 Å². The Morgan fingerprint density at radius 2 is 2.33 bits per heavy atom. The zero-order chi connectivity index (χ0) is 13.1. The second kappa shape index (κ2) is 5.36. The molecule has 0 aliphatic rings. The summed E-state index contributed by atoms with van der Waals surface area (Å²) in [5.41, 5.74) is 0.140. The highest BCUT2D eigenvalue weighted by Gasteiger charge is 2.14. The number of nitrogens with one attached hydrogen (secondary N) is 1. The van der Waals surface area contributed by atoms with Crippen molar-refractivity contribution in [3.05, 3.63) is 33.7 Å². The lowest BCUT2D eigenvalue weighted by molar-refractivity contribution is 0.102. The molecular weight excluding hydrogens is 320 g/mol. The summed E-state index contributed by atoms with van der Waals surface area (Å²) in [6, 6.07) is 4.45. The summed E-state index contributed by atoms with van der Waals surface area (Å²) in [5, 5.41) is 12.7. The maximum atomic E-state index is 11.9. The molecule has 0 atom stereocenters. The Balaban J connectivity index is 2.23. The van der Waals surface area contributed by atoms with Gasteiger partial charge in [0.25, 0.3) is 5.91 Å². The number of phenolic OH excluding ortho intramolecular Hbond substituents is 1. The van der Waals surface area contributed by atoms with Gasteiger partial charge in [-0.05, 0) is 34.1 Å². The van der Waals surface area contributed by atoms with Gasteiger partial charge in [-0.3, -0.25) is 10.1 Å². The van der Waals surface area contributed by atoms with E-state index < -0.39 is 5.91 Å². The Morgan fingerprint density at radius 3 is 2.94 bits per heavy atom. The highest BCUT2D eigenvalue weighted by molar-refractivity contribution is 9.11. The van der Waals surface area contributed by atoms with Gasteiger partial charge < -0.3 is 9.84 Å². The molecule has 94 valence electrons. The molecule has 5 nitrogen and oxygen atoms in total. The Bertz CT molecular complexity index is 585. The number of anilines is 1. The number of hydrogen-bond donors (Lipinski definition) is 2. The van der Waals surface area contributed by atoms with E-state index in [2.05, 4.69) is 26.2 Å². The van der Waals surface area contributed by atoms with E-state index in [0.717, 1.165) is 3.79 Å². The second-order valence-corrected chi connectivity index (χ2v) is 5.72. The van der Waals surface area contributed by atoms with Crippen molar-refractivity contribution in [3.8, 4) is 11.5 Å². The van der Waals surface area contributed by atoms with Crippen molar-refractivity contribution < 1.29 is 14.6 Å². The molecule has 0 radical (unpaired) electrons. The maximum absolute atomic E-state index is 11.9. The topological polar surface area (TPSA) is 71.5 Å². The van der Waals surface area contributed by atoms with E-state index in [4.69, 9.17) is 4.74 Å². The number of hydrogen-bond acceptors (Lipinski definition) is 5. The van der Waals surface area contributed by atoms with Crippen molar-refractivity contribution in [2.75, 3.05) is 12.4 Å². The average Bonchev–Trinajstić information content (AvgIpc) is 2.75. The number of carbonyl (C=O) groups is 1. The number of amides is 1. The number of rotatable bonds is 3. The minimum absolute atomic E-state index is 0.107. The predicted molar refractivity (Wildman–Crippen MR) is 72.4 cm³/mol. The van der Waals surface area contributed by atoms with Crippen LogP contribution in [0.5, 0.6) is 11.5 Å². The number of aromatic hydroxyl groups is 1. The third-order valence-electron chi connectivity index (χ3n) is 2.15. The van der Waals surface area contributed by atoms with Crippen LogP contribution >= 0.6 is 27.3 Å². The maximum Gasteiger partial charge on any atom is 0.261 e. The van der Waals surface area contributed by atoms with Gasteiger partial charge in [-0.1, -0.05) is 11.3 Å². The molecule has 0 fully saturated rings. The van der Waals surface area contributed by atoms with Crippen LogP contribution in [0, 0.1) is 0 Å². The van der Waals surface area contributed by atoms with Gasteiger partial charge >= 0.3 is 0 Å². The molecule has 0 bridgehead atoms. The van der Waals surface area contributed by atoms with E-state index in [1.807, 2.05) is 0 Å². The standard InChI is InChI=1S/C11H9BrN2O3S/c1-17-6-2-3-8(15)7(4-6)10(16)14-11-13-5-9(12)18-11/h2-5,15H,1H3,(H,13,14,16). The van der Waals surface area contributed by atoms with Gasteiger partial charge in [0.05, 0.1) is 22.7 Å². The second-order valence-electron chi connectivity index (χ2n) is 3.31. The van der Waals surface area contributed by atoms with Crippen LogP contribution in [0.4, 0.5) is 5.13 Å². The monoisotopic (exact) mass is 328 g/mol. The summed E-state index contributed by atoms with van der Waals surface area (Å²) in [5.74, 6) is -0.0459. The number of methoxy groups -OCH3 is 1. The minimum Gasteiger partial charge on any atom is -0.507 e. The molecule has 18 heavy (non-hydrogen) atoms. The normalized spacial score (nSPS) is 10.1. The van der Waals surface area contributed by atoms with Crippen molar-refractivity contribution in [1.82, 2.24) is 4.98 Å². The summed E-state index contributed by atoms with van der Waals surface area (Å²) in [6.45, 7) is 0. The van der Waals surface area contributed by atoms with Gasteiger partial charge in [0.2, 0.25) is 0 Å². The molecule has 7 heteroatoms. The van der Waals surface area contributed by atoms with Crippen molar-refractivity contribution in [2.45, 2.75) is 0 Å². The summed E-state index contributed by atoms with van der Waals surface area (Å²) in [7, 11) is 1.49. The van der Waals surface area contributed by atoms with E-state index >= 15 is 0 Å². The fourth-order valence-corrected chi connectivity index (χ4v) is 2.40. The number of ether oxygens (including phenoxy) is 1. The zero-order valence-electron chi connectivity index (χ0n) is 9.31. The van der Waals surface area contributed by atoms with Gasteiger partial charge in [-0.15, -0.1) is 0 Å². The Hall–Kier alpha value is -1.60. The molecule has 1 aromatic carbocycles. The molecule has 0 unspecified atom stereocenters. The third-order valence-corrected chi connectivity index (χ3v) is 3.54. The first-order valence-electron chi connectivity index (χ1n) is 4.90. The number of thiazole rings is 1. The summed E-state index contributed by atoms with van der Waals surface area (Å²) < 4.78 is 5.82. The van der Waals surface area contributed by atoms with E-state index in [1.54, 1.807) is 12.3 Å². The summed E-state index contributed by atoms with van der Waals surface area (Å²) in [4.78, 5) is 15.9. The van der Waals surface area contributed by atoms with E-state index in [1.165, 1.54) is 30.6 Å². The molecule has 1 amide bonds. The summed E-state index contributed by atoms with van der Waals surface area (Å²) >= 11 is 4.54. The van der Waals surface area contributed by atoms with Crippen molar-refractivity contribution in [1.29, 1.82) is 0 Å². The average molecular weight is 329 g/mol. The lowest BCUT2D eigenvalue weighted by atomic mass is 10.2. The molecule has 0 aliphatic heterocycles. The number of benzene rings is 1. The molecule has 2 N–H and O–H groups in total. The lowest BCUT2D eigenvalue weighted by Gasteiger charge is -2.06. The molecule has 0 spiro atoms. The van der Waals surface area contributed by atoms with Crippen LogP contribution in [-0.2, 0) is 0 Å². The van der Waals surface area contributed by atoms with Crippen LogP contribution in [0.25, 0.3) is 0 Å². The van der Waals surface area contributed by atoms with Gasteiger partial charge in [0.15, 0.2) is 5.13 Å². The van der Waals surface area contributed by atoms with Gasteiger partial charge in [-0.2, -0.15) is 0 Å². The molecule has 2 rings (SSSR count). The predicted octanol–water partition coefficient (Wildman–Crippen LogP) is 2.87. The Morgan fingerprint density at radius 1 is 1.56 bits per heavy atom. The first-order chi connectivity index (χ1) is 8.60. The smallest absolute Gasteiger partial charge is 0.261 e. The lowest BCUT2D eigenvalue weighted by Crippen LogP contribution is -2.11. The largest absolute Gasteiger partial charge is 0.507 e. The van der Waals surface area contributed by atoms with Gasteiger partial charge in [0, 0.05) is 0 Å². The number of carbonyl (C=O) groups excluding carboxylic acids is 1. The van der Waals surface area contributed by atoms with Crippen LogP contribution in [0.15, 0.2) is 28.2 Å². The Kier molecular flexibility index (Phi) is 3.83. The molecule has 0 aliphatic carbocycles. The van der Waals surface area contributed by atoms with Gasteiger partial charge in [0.1, 0.15) is 11.5 Å². The van der Waals surface area contributed by atoms with Gasteiger partial charge in [-0.25, -0.2) is 4.98 Å². The van der Waals surface area contributed by atoms with Crippen molar-refractivity contribution >= 4 is 38.3 Å². The van der Waals surface area contributed by atoms with Crippen molar-refractivity contribution in [3.63, 3.8) is 0 Å². The van der Waals surface area contributed by atoms with Crippen molar-refractivity contribution in [2.24, 2.45) is 0 Å². The van der Waals surface area contributed by atoms with Crippen LogP contribution in [0.2, 0.25) is 0 Å². The number of nitrogens with zero attached hydrogens (tertiary/aromatic N) is 1. The minimum atomic E-state index is -0.437. The van der Waals surface area contributed by atoms with E-state index in [0.29, 0.717) is 10.9 Å². The summed E-state index contributed by atoms with van der Waals surface area (Å²) in [6.07, 6.45) is 1.59. The highest BCUT2D eigenvalue weighted by atomic mass is 79.9. The molecular formula is C11H9BrN2O3S. The zero-order valence-corrected chi connectivity index (χ0v) is 11.7. The molecule has 0 saturated carbocycles. The molecule has 1 aromatic heterocycles. The fraction of sp³-hybridized carbons (Fsp3) is 0.0909. The van der Waals surface area contributed by atoms with E-state index in [9.17, 15) is 9.90 Å². The molecule has 1 heterocycles. The van der Waals surface area contributed by atoms with Crippen LogP contribution < -0.4 is 10.1 Å². The SMILES string of the molecule is COc1ccc(O)c(C(=O)Nc2ncc(Br)s2)c1. The van der Waals surface area contributed by atoms with Crippen LogP contribution in [-0.4, -0.2) is 23.1 Å². The first kappa shape index (κ1) is 12.8. The fourth-order valence-electron chi connectivity index (χ4n) is 1.30. The highest BCUT2D eigenvalue weighted by Crippen LogP contribution is 2.26. The number of aromatic nitrogens is 1. The number of halogens is 1. The quantitative estimate of drug-likeness (QED) is 0.908. The first-order valence-corrected chi connectivity index (χ1v) is 6.51. The third kappa shape index (κ3) is 2.80. The Labute approximate surface area is 116 Å². The molecule has 0 saturated heterocycles. The van der Waals surface area contributed by atoms with E-state index in [-0.39, 0.29) is 11.3 Å². The number of phenols is 1.